The molecular formula is C15H29N3O. The number of carbonyl (C=O) groups excluding carboxylic acids is 1. The molecule has 0 radical (unpaired) electrons. The maximum atomic E-state index is 12.3. The molecule has 2 N–H and O–H groups in total. The molecule has 0 saturated heterocycles. The molecule has 0 spiro atoms. The SMILES string of the molecule is C=C(C)CN(CC)C(=O)CN(C)C1CCCC1CN. The van der Waals surface area contributed by atoms with Crippen molar-refractivity contribution in [3.8, 4) is 0 Å². The highest BCUT2D eigenvalue weighted by Gasteiger charge is 2.30. The van der Waals surface area contributed by atoms with Gasteiger partial charge in [-0.25, -0.2) is 0 Å². The lowest BCUT2D eigenvalue weighted by molar-refractivity contribution is -0.132. The largest absolute Gasteiger partial charge is 0.338 e. The van der Waals surface area contributed by atoms with Gasteiger partial charge in [0.25, 0.3) is 0 Å². The maximum Gasteiger partial charge on any atom is 0.237 e. The molecule has 19 heavy (non-hydrogen) atoms. The fraction of sp³-hybridized carbons (Fsp3) is 0.800. The molecule has 1 amide bonds. The van der Waals surface area contributed by atoms with E-state index in [1.165, 1.54) is 12.8 Å². The van der Waals surface area contributed by atoms with Gasteiger partial charge in [0.1, 0.15) is 0 Å². The number of carbonyl (C=O) groups is 1. The van der Waals surface area contributed by atoms with Gasteiger partial charge in [0.15, 0.2) is 0 Å². The van der Waals surface area contributed by atoms with E-state index < -0.39 is 0 Å². The van der Waals surface area contributed by atoms with Crippen LogP contribution in [-0.4, -0.2) is 55.0 Å². The van der Waals surface area contributed by atoms with Crippen molar-refractivity contribution in [2.75, 3.05) is 33.2 Å². The number of nitrogens with zero attached hydrogens (tertiary/aromatic N) is 2. The van der Waals surface area contributed by atoms with Crippen LogP contribution in [0.5, 0.6) is 0 Å². The number of hydrogen-bond acceptors (Lipinski definition) is 3. The Kier molecular flexibility index (Phi) is 6.52. The van der Waals surface area contributed by atoms with E-state index in [0.29, 0.717) is 25.0 Å². The number of rotatable bonds is 7. The molecule has 2 atom stereocenters. The average Bonchev–Trinajstić information content (AvgIpc) is 2.83. The molecule has 0 bridgehead atoms. The van der Waals surface area contributed by atoms with Crippen LogP contribution in [0.25, 0.3) is 0 Å². The summed E-state index contributed by atoms with van der Waals surface area (Å²) in [5, 5.41) is 0. The van der Waals surface area contributed by atoms with Gasteiger partial charge in [-0.15, -0.1) is 0 Å². The molecule has 1 rings (SSSR count). The van der Waals surface area contributed by atoms with Crippen molar-refractivity contribution in [2.45, 2.75) is 39.2 Å². The molecule has 0 heterocycles. The minimum Gasteiger partial charge on any atom is -0.338 e. The molecule has 110 valence electrons. The summed E-state index contributed by atoms with van der Waals surface area (Å²) < 4.78 is 0. The van der Waals surface area contributed by atoms with Crippen LogP contribution in [-0.2, 0) is 4.79 Å². The minimum atomic E-state index is 0.190. The van der Waals surface area contributed by atoms with Crippen LogP contribution in [0.2, 0.25) is 0 Å². The van der Waals surface area contributed by atoms with Crippen LogP contribution in [0.4, 0.5) is 0 Å². The normalized spacial score (nSPS) is 22.8. The zero-order valence-corrected chi connectivity index (χ0v) is 12.7. The topological polar surface area (TPSA) is 49.6 Å². The molecule has 1 saturated carbocycles. The smallest absolute Gasteiger partial charge is 0.237 e. The van der Waals surface area contributed by atoms with Gasteiger partial charge in [-0.2, -0.15) is 0 Å². The Morgan fingerprint density at radius 1 is 1.37 bits per heavy atom. The molecular weight excluding hydrogens is 238 g/mol. The minimum absolute atomic E-state index is 0.190. The van der Waals surface area contributed by atoms with E-state index in [-0.39, 0.29) is 5.91 Å². The van der Waals surface area contributed by atoms with Crippen molar-refractivity contribution in [2.24, 2.45) is 11.7 Å². The third-order valence-electron chi connectivity index (χ3n) is 4.07. The summed E-state index contributed by atoms with van der Waals surface area (Å²) in [6, 6.07) is 0.470. The van der Waals surface area contributed by atoms with E-state index in [4.69, 9.17) is 5.73 Å². The van der Waals surface area contributed by atoms with E-state index in [0.717, 1.165) is 25.1 Å². The zero-order chi connectivity index (χ0) is 14.4. The molecule has 2 unspecified atom stereocenters. The fourth-order valence-electron chi connectivity index (χ4n) is 3.01. The first-order chi connectivity index (χ1) is 8.99. The number of likely N-dealkylation sites (N-methyl/N-ethyl adjacent to an activating group) is 2. The third-order valence-corrected chi connectivity index (χ3v) is 4.07. The van der Waals surface area contributed by atoms with Crippen LogP contribution < -0.4 is 5.73 Å². The van der Waals surface area contributed by atoms with Gasteiger partial charge in [0.2, 0.25) is 5.91 Å². The highest BCUT2D eigenvalue weighted by atomic mass is 16.2. The van der Waals surface area contributed by atoms with Crippen LogP contribution in [0, 0.1) is 5.92 Å². The van der Waals surface area contributed by atoms with Gasteiger partial charge in [0, 0.05) is 19.1 Å². The van der Waals surface area contributed by atoms with Crippen molar-refractivity contribution >= 4 is 5.91 Å². The Morgan fingerprint density at radius 3 is 2.58 bits per heavy atom. The highest BCUT2D eigenvalue weighted by Crippen LogP contribution is 2.28. The Bertz CT molecular complexity index is 317. The van der Waals surface area contributed by atoms with Gasteiger partial charge in [0.05, 0.1) is 6.54 Å². The standard InChI is InChI=1S/C15H29N3O/c1-5-18(10-12(2)3)15(19)11-17(4)14-8-6-7-13(14)9-16/h13-14H,2,5-11,16H2,1,3-4H3. The fourth-order valence-corrected chi connectivity index (χ4v) is 3.01. The van der Waals surface area contributed by atoms with E-state index in [2.05, 4.69) is 11.5 Å². The molecule has 4 heteroatoms. The summed E-state index contributed by atoms with van der Waals surface area (Å²) in [4.78, 5) is 16.3. The average molecular weight is 267 g/mol. The first-order valence-electron chi connectivity index (χ1n) is 7.32. The Hall–Kier alpha value is -0.870. The number of amides is 1. The summed E-state index contributed by atoms with van der Waals surface area (Å²) in [6.07, 6.45) is 3.59. The Balaban J connectivity index is 2.52. The van der Waals surface area contributed by atoms with Crippen LogP contribution in [0.3, 0.4) is 0 Å². The number of hydrogen-bond donors (Lipinski definition) is 1. The molecule has 0 aliphatic heterocycles. The van der Waals surface area contributed by atoms with Crippen LogP contribution in [0.15, 0.2) is 12.2 Å². The molecule has 1 aliphatic rings. The number of nitrogens with two attached hydrogens (primary N) is 1. The second-order valence-electron chi connectivity index (χ2n) is 5.77. The Morgan fingerprint density at radius 2 is 2.05 bits per heavy atom. The van der Waals surface area contributed by atoms with E-state index in [1.807, 2.05) is 25.8 Å². The van der Waals surface area contributed by atoms with Crippen molar-refractivity contribution in [3.05, 3.63) is 12.2 Å². The summed E-state index contributed by atoms with van der Waals surface area (Å²) in [5.41, 5.74) is 6.84. The molecule has 0 aromatic rings. The van der Waals surface area contributed by atoms with E-state index in [1.54, 1.807) is 0 Å². The predicted molar refractivity (Wildman–Crippen MR) is 79.9 cm³/mol. The molecule has 0 aromatic heterocycles. The third kappa shape index (κ3) is 4.62. The quantitative estimate of drug-likeness (QED) is 0.711. The van der Waals surface area contributed by atoms with Crippen molar-refractivity contribution in [1.82, 2.24) is 9.80 Å². The molecule has 4 nitrogen and oxygen atoms in total. The summed E-state index contributed by atoms with van der Waals surface area (Å²) >= 11 is 0. The molecule has 1 fully saturated rings. The van der Waals surface area contributed by atoms with Gasteiger partial charge in [-0.05, 0) is 46.2 Å². The summed E-state index contributed by atoms with van der Waals surface area (Å²) in [6.45, 7) is 10.5. The van der Waals surface area contributed by atoms with Crippen LogP contribution in [0.1, 0.15) is 33.1 Å². The maximum absolute atomic E-state index is 12.3. The summed E-state index contributed by atoms with van der Waals surface area (Å²) in [7, 11) is 2.05. The van der Waals surface area contributed by atoms with Gasteiger partial charge in [-0.1, -0.05) is 18.6 Å². The highest BCUT2D eigenvalue weighted by molar-refractivity contribution is 5.78. The first kappa shape index (κ1) is 16.2. The lowest BCUT2D eigenvalue weighted by Crippen LogP contribution is -2.45. The van der Waals surface area contributed by atoms with Crippen molar-refractivity contribution < 1.29 is 4.79 Å². The van der Waals surface area contributed by atoms with Crippen molar-refractivity contribution in [3.63, 3.8) is 0 Å². The van der Waals surface area contributed by atoms with E-state index >= 15 is 0 Å². The van der Waals surface area contributed by atoms with E-state index in [9.17, 15) is 4.79 Å². The van der Waals surface area contributed by atoms with Gasteiger partial charge < -0.3 is 10.6 Å². The lowest BCUT2D eigenvalue weighted by Gasteiger charge is -2.31. The lowest BCUT2D eigenvalue weighted by atomic mass is 10.0. The molecule has 0 aromatic carbocycles. The zero-order valence-electron chi connectivity index (χ0n) is 12.7. The monoisotopic (exact) mass is 267 g/mol. The second kappa shape index (κ2) is 7.65. The first-order valence-corrected chi connectivity index (χ1v) is 7.32. The van der Waals surface area contributed by atoms with Gasteiger partial charge in [-0.3, -0.25) is 9.69 Å². The predicted octanol–water partition coefficient (Wildman–Crippen LogP) is 1.47. The second-order valence-corrected chi connectivity index (χ2v) is 5.77. The van der Waals surface area contributed by atoms with Crippen LogP contribution >= 0.6 is 0 Å². The summed E-state index contributed by atoms with van der Waals surface area (Å²) in [5.74, 6) is 0.740. The molecule has 1 aliphatic carbocycles. The van der Waals surface area contributed by atoms with Gasteiger partial charge >= 0.3 is 0 Å². The Labute approximate surface area is 117 Å². The van der Waals surface area contributed by atoms with Crippen molar-refractivity contribution in [1.29, 1.82) is 0 Å².